The summed E-state index contributed by atoms with van der Waals surface area (Å²) < 4.78 is 9.29. The zero-order chi connectivity index (χ0) is 29.9. The molecule has 0 bridgehead atoms. The van der Waals surface area contributed by atoms with Crippen LogP contribution in [0.15, 0.2) is 58.4 Å². The molecule has 0 spiro atoms. The molecule has 0 radical (unpaired) electrons. The van der Waals surface area contributed by atoms with Gasteiger partial charge in [-0.2, -0.15) is 0 Å². The van der Waals surface area contributed by atoms with Crippen molar-refractivity contribution in [1.29, 1.82) is 0 Å². The van der Waals surface area contributed by atoms with Gasteiger partial charge in [-0.3, -0.25) is 18.9 Å². The normalized spacial score (nSPS) is 11.4. The van der Waals surface area contributed by atoms with E-state index in [4.69, 9.17) is 16.3 Å². The van der Waals surface area contributed by atoms with Gasteiger partial charge in [-0.1, -0.05) is 17.7 Å². The molecule has 0 atom stereocenters. The average molecular weight is 580 g/mol. The van der Waals surface area contributed by atoms with Crippen molar-refractivity contribution in [2.24, 2.45) is 14.1 Å². The van der Waals surface area contributed by atoms with E-state index in [1.807, 2.05) is 64.2 Å². The molecule has 0 fully saturated rings. The summed E-state index contributed by atoms with van der Waals surface area (Å²) in [6.45, 7) is 5.58. The number of hydrogen-bond donors (Lipinski definition) is 2. The number of rotatable bonds is 5. The van der Waals surface area contributed by atoms with Crippen molar-refractivity contribution >= 4 is 39.8 Å². The Kier molecular flexibility index (Phi) is 8.67. The number of nitrogens with one attached hydrogen (secondary N) is 2. The van der Waals surface area contributed by atoms with E-state index in [0.29, 0.717) is 22.6 Å². The largest absolute Gasteiger partial charge is 0.444 e. The molecular formula is C29H34ClN7O4. The Balaban J connectivity index is 0.000000374. The van der Waals surface area contributed by atoms with Crippen LogP contribution in [0.3, 0.4) is 0 Å². The first kappa shape index (κ1) is 29.6. The van der Waals surface area contributed by atoms with Gasteiger partial charge in [-0.25, -0.2) is 14.6 Å². The number of aromatic nitrogens is 6. The first-order valence-electron chi connectivity index (χ1n) is 13.1. The number of imidazole rings is 1. The van der Waals surface area contributed by atoms with Crippen LogP contribution in [0.5, 0.6) is 0 Å². The molecule has 0 saturated heterocycles. The highest BCUT2D eigenvalue weighted by Gasteiger charge is 2.19. The SMILES string of the molecule is CNC(=O)OC(C)(C)C.Cn1c(CCc2ccncc2)nc2c1c(=O)n(Cc1cc3c(Cl)cccc3[nH]1)c(=O)n2C. The molecule has 11 nitrogen and oxygen atoms in total. The Morgan fingerprint density at radius 3 is 2.39 bits per heavy atom. The number of carbonyl (C=O) groups excluding carboxylic acids is 1. The molecule has 0 unspecified atom stereocenters. The summed E-state index contributed by atoms with van der Waals surface area (Å²) >= 11 is 6.27. The lowest BCUT2D eigenvalue weighted by molar-refractivity contribution is 0.0541. The van der Waals surface area contributed by atoms with Gasteiger partial charge in [0, 0.05) is 61.6 Å². The van der Waals surface area contributed by atoms with Crippen LogP contribution in [0.4, 0.5) is 4.79 Å². The van der Waals surface area contributed by atoms with Crippen LogP contribution in [0.25, 0.3) is 22.1 Å². The molecule has 5 rings (SSSR count). The molecule has 0 aliphatic carbocycles. The standard InChI is InChI=1S/C23H21ClN6O2.C6H13NO2/c1-28-19(7-6-14-8-10-25-11-9-14)27-21-20(28)22(31)30(23(32)29(21)2)13-15-12-16-17(24)4-3-5-18(16)26-15;1-6(2,3)9-5(8)7-4/h3-5,8-12,26H,6-7,13H2,1-2H3;1-4H3,(H,7,8). The van der Waals surface area contributed by atoms with Crippen LogP contribution in [-0.2, 0) is 38.2 Å². The van der Waals surface area contributed by atoms with Crippen LogP contribution in [-0.4, -0.2) is 47.4 Å². The van der Waals surface area contributed by atoms with Crippen molar-refractivity contribution in [3.05, 3.63) is 91.7 Å². The second-order valence-corrected chi connectivity index (χ2v) is 11.0. The van der Waals surface area contributed by atoms with Gasteiger partial charge in [0.05, 0.1) is 6.54 Å². The van der Waals surface area contributed by atoms with E-state index in [2.05, 4.69) is 20.3 Å². The van der Waals surface area contributed by atoms with Crippen molar-refractivity contribution in [2.75, 3.05) is 7.05 Å². The van der Waals surface area contributed by atoms with Crippen LogP contribution in [0, 0.1) is 0 Å². The lowest BCUT2D eigenvalue weighted by Gasteiger charge is -2.18. The summed E-state index contributed by atoms with van der Waals surface area (Å²) in [5, 5.41) is 3.83. The highest BCUT2D eigenvalue weighted by atomic mass is 35.5. The number of benzene rings is 1. The molecular weight excluding hydrogens is 546 g/mol. The van der Waals surface area contributed by atoms with Crippen molar-refractivity contribution in [2.45, 2.75) is 45.8 Å². The fraction of sp³-hybridized carbons (Fsp3) is 0.345. The third kappa shape index (κ3) is 6.68. The summed E-state index contributed by atoms with van der Waals surface area (Å²) in [7, 11) is 4.99. The number of halogens is 1. The Morgan fingerprint density at radius 1 is 1.07 bits per heavy atom. The van der Waals surface area contributed by atoms with Crippen LogP contribution in [0.1, 0.15) is 37.9 Å². The fourth-order valence-corrected chi connectivity index (χ4v) is 4.65. The molecule has 12 heteroatoms. The number of fused-ring (bicyclic) bond motifs is 2. The Morgan fingerprint density at radius 2 is 1.78 bits per heavy atom. The van der Waals surface area contributed by atoms with Crippen molar-refractivity contribution in [1.82, 2.24) is 34.0 Å². The predicted octanol–water partition coefficient (Wildman–Crippen LogP) is 3.94. The quantitative estimate of drug-likeness (QED) is 0.324. The Bertz CT molecular complexity index is 1810. The first-order valence-corrected chi connectivity index (χ1v) is 13.5. The van der Waals surface area contributed by atoms with Crippen LogP contribution < -0.4 is 16.6 Å². The summed E-state index contributed by atoms with van der Waals surface area (Å²) in [5.41, 5.74) is 2.36. The van der Waals surface area contributed by atoms with E-state index in [0.717, 1.165) is 34.4 Å². The minimum atomic E-state index is -0.411. The van der Waals surface area contributed by atoms with E-state index in [1.54, 1.807) is 24.0 Å². The van der Waals surface area contributed by atoms with Gasteiger partial charge in [0.2, 0.25) is 0 Å². The van der Waals surface area contributed by atoms with Gasteiger partial charge < -0.3 is 19.6 Å². The maximum Gasteiger partial charge on any atom is 0.407 e. The van der Waals surface area contributed by atoms with E-state index in [-0.39, 0.29) is 23.8 Å². The first-order chi connectivity index (χ1) is 19.4. The molecule has 2 N–H and O–H groups in total. The number of alkyl carbamates (subject to hydrolysis) is 1. The van der Waals surface area contributed by atoms with Gasteiger partial charge in [0.15, 0.2) is 11.2 Å². The highest BCUT2D eigenvalue weighted by Crippen LogP contribution is 2.24. The molecule has 0 saturated carbocycles. The topological polar surface area (TPSA) is 129 Å². The number of hydrogen-bond acceptors (Lipinski definition) is 6. The summed E-state index contributed by atoms with van der Waals surface area (Å²) in [5.74, 6) is 0.749. The Hall–Kier alpha value is -4.38. The maximum absolute atomic E-state index is 13.3. The number of aromatic amines is 1. The number of carbonyl (C=O) groups is 1. The smallest absolute Gasteiger partial charge is 0.407 e. The minimum Gasteiger partial charge on any atom is -0.444 e. The number of aryl methyl sites for hydroxylation is 4. The third-order valence-electron chi connectivity index (χ3n) is 6.44. The summed E-state index contributed by atoms with van der Waals surface area (Å²) in [6, 6.07) is 11.4. The molecule has 4 heterocycles. The molecule has 5 aromatic rings. The summed E-state index contributed by atoms with van der Waals surface area (Å²) in [4.78, 5) is 48.7. The molecule has 0 aliphatic heterocycles. The zero-order valence-corrected chi connectivity index (χ0v) is 24.7. The summed E-state index contributed by atoms with van der Waals surface area (Å²) in [6.07, 6.45) is 4.52. The van der Waals surface area contributed by atoms with Crippen molar-refractivity contribution in [3.8, 4) is 0 Å². The molecule has 1 amide bonds. The maximum atomic E-state index is 13.3. The molecule has 41 heavy (non-hydrogen) atoms. The van der Waals surface area contributed by atoms with Gasteiger partial charge >= 0.3 is 11.8 Å². The van der Waals surface area contributed by atoms with E-state index < -0.39 is 5.69 Å². The third-order valence-corrected chi connectivity index (χ3v) is 6.77. The van der Waals surface area contributed by atoms with Crippen molar-refractivity contribution in [3.63, 3.8) is 0 Å². The fourth-order valence-electron chi connectivity index (χ4n) is 4.42. The average Bonchev–Trinajstić information content (AvgIpc) is 3.50. The van der Waals surface area contributed by atoms with Gasteiger partial charge in [0.1, 0.15) is 11.4 Å². The molecule has 4 aromatic heterocycles. The number of H-pyrrole nitrogens is 1. The predicted molar refractivity (Wildman–Crippen MR) is 160 cm³/mol. The van der Waals surface area contributed by atoms with E-state index >= 15 is 0 Å². The zero-order valence-electron chi connectivity index (χ0n) is 24.0. The minimum absolute atomic E-state index is 0.115. The molecule has 1 aromatic carbocycles. The second kappa shape index (κ2) is 12.0. The lowest BCUT2D eigenvalue weighted by Crippen LogP contribution is -2.39. The van der Waals surface area contributed by atoms with Gasteiger partial charge in [-0.05, 0) is 63.1 Å². The van der Waals surface area contributed by atoms with Gasteiger partial charge in [0.25, 0.3) is 5.56 Å². The Labute approximate surface area is 241 Å². The molecule has 0 aliphatic rings. The molecule has 216 valence electrons. The van der Waals surface area contributed by atoms with E-state index in [9.17, 15) is 14.4 Å². The highest BCUT2D eigenvalue weighted by molar-refractivity contribution is 6.35. The van der Waals surface area contributed by atoms with Crippen molar-refractivity contribution < 1.29 is 9.53 Å². The number of ether oxygens (including phenoxy) is 1. The van der Waals surface area contributed by atoms with E-state index in [1.165, 1.54) is 16.2 Å². The van der Waals surface area contributed by atoms with Gasteiger partial charge in [-0.15, -0.1) is 0 Å². The number of nitrogens with zero attached hydrogens (tertiary/aromatic N) is 5. The van der Waals surface area contributed by atoms with Crippen LogP contribution in [0.2, 0.25) is 5.02 Å². The number of pyridine rings is 1. The monoisotopic (exact) mass is 579 g/mol. The number of amides is 1. The lowest BCUT2D eigenvalue weighted by atomic mass is 10.1. The van der Waals surface area contributed by atoms with Crippen LogP contribution >= 0.6 is 11.6 Å². The second-order valence-electron chi connectivity index (χ2n) is 10.6.